The van der Waals surface area contributed by atoms with Gasteiger partial charge in [-0.2, -0.15) is 0 Å². The van der Waals surface area contributed by atoms with Crippen molar-refractivity contribution in [2.24, 2.45) is 11.5 Å². The minimum absolute atomic E-state index is 0.213. The van der Waals surface area contributed by atoms with Crippen LogP contribution in [0.1, 0.15) is 41.0 Å². The smallest absolute Gasteiger partial charge is 0.300 e. The molecule has 0 amide bonds. The van der Waals surface area contributed by atoms with Crippen LogP contribution in [0.5, 0.6) is 0 Å². The van der Waals surface area contributed by atoms with Crippen molar-refractivity contribution in [3.63, 3.8) is 0 Å². The Balaban J connectivity index is -0.0000000555. The minimum Gasteiger partial charge on any atom is -0.481 e. The van der Waals surface area contributed by atoms with Crippen molar-refractivity contribution in [3.05, 3.63) is 0 Å². The number of rotatable bonds is 2. The van der Waals surface area contributed by atoms with Crippen molar-refractivity contribution in [1.29, 1.82) is 0 Å². The van der Waals surface area contributed by atoms with Gasteiger partial charge in [-0.1, -0.05) is 6.92 Å². The molecule has 0 aliphatic rings. The van der Waals surface area contributed by atoms with E-state index in [0.29, 0.717) is 6.54 Å². The summed E-state index contributed by atoms with van der Waals surface area (Å²) in [6, 6.07) is 0.213. The van der Waals surface area contributed by atoms with Gasteiger partial charge >= 0.3 is 0 Å². The second kappa shape index (κ2) is 27.2. The van der Waals surface area contributed by atoms with Gasteiger partial charge in [-0.05, 0) is 6.42 Å². The van der Waals surface area contributed by atoms with E-state index in [1.165, 1.54) is 0 Å². The van der Waals surface area contributed by atoms with Crippen LogP contribution in [0.3, 0.4) is 0 Å². The highest BCUT2D eigenvalue weighted by Crippen LogP contribution is 1.77. The Hall–Kier alpha value is -2.20. The fourth-order valence-electron chi connectivity index (χ4n) is 0.167. The van der Waals surface area contributed by atoms with Crippen molar-refractivity contribution in [2.45, 2.75) is 47.1 Å². The molecule has 0 heterocycles. The van der Waals surface area contributed by atoms with Gasteiger partial charge in [-0.3, -0.25) is 19.2 Å². The molecular formula is C12H28N2O8. The third-order valence-corrected chi connectivity index (χ3v) is 0.827. The molecule has 8 N–H and O–H groups in total. The summed E-state index contributed by atoms with van der Waals surface area (Å²) in [5.74, 6) is -3.33. The average molecular weight is 328 g/mol. The molecule has 22 heavy (non-hydrogen) atoms. The lowest BCUT2D eigenvalue weighted by Crippen LogP contribution is -2.28. The Kier molecular flexibility index (Phi) is 39.5. The van der Waals surface area contributed by atoms with Crippen LogP contribution < -0.4 is 11.5 Å². The maximum atomic E-state index is 9.00. The molecule has 0 spiro atoms. The van der Waals surface area contributed by atoms with E-state index in [-0.39, 0.29) is 6.04 Å². The molecule has 0 aromatic carbocycles. The second-order valence-electron chi connectivity index (χ2n) is 3.48. The molecule has 0 aromatic rings. The summed E-state index contributed by atoms with van der Waals surface area (Å²) in [5.41, 5.74) is 10.5. The van der Waals surface area contributed by atoms with Gasteiger partial charge in [0.25, 0.3) is 23.9 Å². The van der Waals surface area contributed by atoms with Crippen LogP contribution in [-0.4, -0.2) is 56.9 Å². The average Bonchev–Trinajstić information content (AvgIpc) is 2.24. The van der Waals surface area contributed by atoms with E-state index in [9.17, 15) is 0 Å². The molecule has 10 heteroatoms. The number of carbonyl (C=O) groups is 4. The molecule has 0 rings (SSSR count). The molecule has 0 saturated carbocycles. The molecular weight excluding hydrogens is 300 g/mol. The Morgan fingerprint density at radius 1 is 0.773 bits per heavy atom. The standard InChI is InChI=1S/C4H12N2.4C2H4O2/c1-2-4(6)3-5;4*1-2(3)4/h4H,2-3,5-6H2,1H3;4*1H3,(H,3,4)/t4-;;;;/m0..../s1. The summed E-state index contributed by atoms with van der Waals surface area (Å²) in [7, 11) is 0. The van der Waals surface area contributed by atoms with E-state index in [4.69, 9.17) is 51.1 Å². The van der Waals surface area contributed by atoms with E-state index in [0.717, 1.165) is 34.1 Å². The summed E-state index contributed by atoms with van der Waals surface area (Å²) in [6.07, 6.45) is 0.983. The lowest BCUT2D eigenvalue weighted by atomic mass is 10.2. The molecule has 0 aliphatic heterocycles. The van der Waals surface area contributed by atoms with E-state index in [1.54, 1.807) is 0 Å². The lowest BCUT2D eigenvalue weighted by Gasteiger charge is -1.99. The maximum Gasteiger partial charge on any atom is 0.300 e. The normalized spacial score (nSPS) is 8.50. The van der Waals surface area contributed by atoms with Crippen molar-refractivity contribution < 1.29 is 39.6 Å². The molecule has 0 aromatic heterocycles. The number of nitrogens with two attached hydrogens (primary N) is 2. The van der Waals surface area contributed by atoms with Crippen molar-refractivity contribution in [2.75, 3.05) is 6.54 Å². The van der Waals surface area contributed by atoms with Gasteiger partial charge in [0.05, 0.1) is 0 Å². The quantitative estimate of drug-likeness (QED) is 0.402. The van der Waals surface area contributed by atoms with Gasteiger partial charge in [0.2, 0.25) is 0 Å². The highest BCUT2D eigenvalue weighted by molar-refractivity contribution is 5.63. The molecule has 134 valence electrons. The minimum atomic E-state index is -0.833. The van der Waals surface area contributed by atoms with E-state index < -0.39 is 23.9 Å². The van der Waals surface area contributed by atoms with Gasteiger partial charge < -0.3 is 31.9 Å². The number of hydrogen-bond acceptors (Lipinski definition) is 6. The maximum absolute atomic E-state index is 9.00. The molecule has 0 saturated heterocycles. The van der Waals surface area contributed by atoms with E-state index in [2.05, 4.69) is 0 Å². The Bertz CT molecular complexity index is 227. The topological polar surface area (TPSA) is 201 Å². The fourth-order valence-corrected chi connectivity index (χ4v) is 0.167. The summed E-state index contributed by atoms with van der Waals surface area (Å²) < 4.78 is 0. The first-order valence-corrected chi connectivity index (χ1v) is 5.98. The monoisotopic (exact) mass is 328 g/mol. The highest BCUT2D eigenvalue weighted by Gasteiger charge is 1.88. The van der Waals surface area contributed by atoms with Crippen molar-refractivity contribution in [3.8, 4) is 0 Å². The Morgan fingerprint density at radius 3 is 0.909 bits per heavy atom. The van der Waals surface area contributed by atoms with Gasteiger partial charge in [0, 0.05) is 40.3 Å². The zero-order chi connectivity index (χ0) is 19.3. The second-order valence-corrected chi connectivity index (χ2v) is 3.48. The van der Waals surface area contributed by atoms with E-state index in [1.807, 2.05) is 6.92 Å². The van der Waals surface area contributed by atoms with Crippen molar-refractivity contribution in [1.82, 2.24) is 0 Å². The lowest BCUT2D eigenvalue weighted by molar-refractivity contribution is -0.135. The number of hydrogen-bond donors (Lipinski definition) is 6. The third-order valence-electron chi connectivity index (χ3n) is 0.827. The van der Waals surface area contributed by atoms with Crippen LogP contribution in [-0.2, 0) is 19.2 Å². The molecule has 0 aliphatic carbocycles. The fraction of sp³-hybridized carbons (Fsp3) is 0.667. The van der Waals surface area contributed by atoms with Crippen LogP contribution in [0.2, 0.25) is 0 Å². The highest BCUT2D eigenvalue weighted by atomic mass is 16.4. The Morgan fingerprint density at radius 2 is 0.909 bits per heavy atom. The molecule has 0 bridgehead atoms. The summed E-state index contributed by atoms with van der Waals surface area (Å²) >= 11 is 0. The van der Waals surface area contributed by atoms with Crippen LogP contribution in [0.25, 0.3) is 0 Å². The first-order valence-electron chi connectivity index (χ1n) is 5.98. The van der Waals surface area contributed by atoms with Crippen LogP contribution in [0, 0.1) is 0 Å². The first kappa shape index (κ1) is 31.9. The molecule has 0 unspecified atom stereocenters. The predicted molar refractivity (Wildman–Crippen MR) is 80.6 cm³/mol. The summed E-state index contributed by atoms with van der Waals surface area (Å²) in [5, 5.41) is 29.7. The molecule has 10 nitrogen and oxygen atoms in total. The Labute approximate surface area is 129 Å². The van der Waals surface area contributed by atoms with Gasteiger partial charge in [0.1, 0.15) is 0 Å². The van der Waals surface area contributed by atoms with Crippen LogP contribution in [0.4, 0.5) is 0 Å². The largest absolute Gasteiger partial charge is 0.481 e. The van der Waals surface area contributed by atoms with Crippen LogP contribution in [0.15, 0.2) is 0 Å². The zero-order valence-electron chi connectivity index (χ0n) is 13.6. The van der Waals surface area contributed by atoms with Gasteiger partial charge in [0.15, 0.2) is 0 Å². The van der Waals surface area contributed by atoms with Crippen molar-refractivity contribution >= 4 is 23.9 Å². The molecule has 0 radical (unpaired) electrons. The van der Waals surface area contributed by atoms with Crippen LogP contribution >= 0.6 is 0 Å². The zero-order valence-corrected chi connectivity index (χ0v) is 13.6. The molecule has 0 fully saturated rings. The summed E-state index contributed by atoms with van der Waals surface area (Å²) in [6.45, 7) is 6.97. The summed E-state index contributed by atoms with van der Waals surface area (Å²) in [4.78, 5) is 36.0. The molecule has 1 atom stereocenters. The van der Waals surface area contributed by atoms with Gasteiger partial charge in [-0.25, -0.2) is 0 Å². The number of carboxylic acids is 4. The first-order chi connectivity index (χ1) is 9.74. The van der Waals surface area contributed by atoms with Gasteiger partial charge in [-0.15, -0.1) is 0 Å². The number of aliphatic carboxylic acids is 4. The third kappa shape index (κ3) is 1550. The van der Waals surface area contributed by atoms with E-state index >= 15 is 0 Å². The SMILES string of the molecule is CC(=O)O.CC(=O)O.CC(=O)O.CC(=O)O.CC[C@H](N)CN. The predicted octanol–water partition coefficient (Wildman–Crippen LogP) is 0.0460. The number of carboxylic acid groups (broad SMARTS) is 4.